The zero-order valence-electron chi connectivity index (χ0n) is 8.52. The summed E-state index contributed by atoms with van der Waals surface area (Å²) in [6, 6.07) is 1.68. The van der Waals surface area contributed by atoms with Crippen molar-refractivity contribution in [3.63, 3.8) is 0 Å². The Labute approximate surface area is 86.8 Å². The summed E-state index contributed by atoms with van der Waals surface area (Å²) in [6.45, 7) is 0. The molecular weight excluding hydrogens is 194 g/mol. The maximum absolute atomic E-state index is 5.80. The molecule has 0 fully saturated rings. The summed E-state index contributed by atoms with van der Waals surface area (Å²) < 4.78 is 10.3. The number of nitrogens with two attached hydrogens (primary N) is 1. The number of methoxy groups -OCH3 is 2. The highest BCUT2D eigenvalue weighted by Gasteiger charge is 2.12. The summed E-state index contributed by atoms with van der Waals surface area (Å²) >= 11 is 0. The van der Waals surface area contributed by atoms with Crippen LogP contribution in [0.1, 0.15) is 0 Å². The normalized spacial score (nSPS) is 10.3. The molecule has 0 radical (unpaired) electrons. The van der Waals surface area contributed by atoms with Gasteiger partial charge in [0.15, 0.2) is 5.75 Å². The second-order valence-electron chi connectivity index (χ2n) is 2.95. The van der Waals surface area contributed by atoms with E-state index in [1.54, 1.807) is 32.7 Å². The number of fused-ring (bicyclic) bond motifs is 1. The number of nitrogen functional groups attached to an aromatic ring is 1. The maximum atomic E-state index is 5.80. The second-order valence-corrected chi connectivity index (χ2v) is 2.95. The molecule has 5 nitrogen and oxygen atoms in total. The van der Waals surface area contributed by atoms with Gasteiger partial charge in [-0.05, 0) is 0 Å². The molecule has 0 saturated carbocycles. The van der Waals surface area contributed by atoms with Gasteiger partial charge in [0.25, 0.3) is 0 Å². The van der Waals surface area contributed by atoms with Crippen LogP contribution in [-0.4, -0.2) is 24.2 Å². The standard InChI is InChI=1S/C10H11N3O2/c1-14-7-5-6(11)10(15-2)9-8(7)12-3-4-13-9/h3-5H,11H2,1-2H3. The average molecular weight is 205 g/mol. The van der Waals surface area contributed by atoms with Crippen LogP contribution in [0.2, 0.25) is 0 Å². The Morgan fingerprint density at radius 3 is 2.33 bits per heavy atom. The van der Waals surface area contributed by atoms with Crippen LogP contribution in [-0.2, 0) is 0 Å². The fraction of sp³-hybridized carbons (Fsp3) is 0.200. The molecule has 5 heteroatoms. The Morgan fingerprint density at radius 2 is 1.73 bits per heavy atom. The highest BCUT2D eigenvalue weighted by atomic mass is 16.5. The minimum atomic E-state index is 0.488. The summed E-state index contributed by atoms with van der Waals surface area (Å²) in [5.41, 5.74) is 7.54. The van der Waals surface area contributed by atoms with Crippen LogP contribution in [0.4, 0.5) is 5.69 Å². The molecular formula is C10H11N3O2. The van der Waals surface area contributed by atoms with Gasteiger partial charge in [-0.25, -0.2) is 9.97 Å². The molecule has 0 bridgehead atoms. The number of rotatable bonds is 2. The Balaban J connectivity index is 2.86. The van der Waals surface area contributed by atoms with Crippen molar-refractivity contribution in [2.24, 2.45) is 0 Å². The van der Waals surface area contributed by atoms with Crippen molar-refractivity contribution in [2.45, 2.75) is 0 Å². The van der Waals surface area contributed by atoms with Crippen molar-refractivity contribution in [1.82, 2.24) is 9.97 Å². The number of nitrogens with zero attached hydrogens (tertiary/aromatic N) is 2. The molecule has 0 aliphatic carbocycles. The molecule has 0 atom stereocenters. The Hall–Kier alpha value is -2.04. The monoisotopic (exact) mass is 205 g/mol. The van der Waals surface area contributed by atoms with E-state index >= 15 is 0 Å². The molecule has 1 heterocycles. The van der Waals surface area contributed by atoms with Crippen LogP contribution in [0, 0.1) is 0 Å². The largest absolute Gasteiger partial charge is 0.494 e. The van der Waals surface area contributed by atoms with Gasteiger partial charge in [-0.3, -0.25) is 0 Å². The summed E-state index contributed by atoms with van der Waals surface area (Å²) in [7, 11) is 3.11. The molecule has 2 rings (SSSR count). The minimum Gasteiger partial charge on any atom is -0.494 e. The van der Waals surface area contributed by atoms with Gasteiger partial charge in [0.2, 0.25) is 0 Å². The van der Waals surface area contributed by atoms with Gasteiger partial charge >= 0.3 is 0 Å². The van der Waals surface area contributed by atoms with Crippen molar-refractivity contribution in [1.29, 1.82) is 0 Å². The predicted octanol–water partition coefficient (Wildman–Crippen LogP) is 1.23. The fourth-order valence-corrected chi connectivity index (χ4v) is 1.47. The minimum absolute atomic E-state index is 0.488. The summed E-state index contributed by atoms with van der Waals surface area (Å²) in [5, 5.41) is 0. The third-order valence-corrected chi connectivity index (χ3v) is 2.12. The first-order valence-electron chi connectivity index (χ1n) is 4.39. The number of ether oxygens (including phenoxy) is 2. The number of hydrogen-bond donors (Lipinski definition) is 1. The van der Waals surface area contributed by atoms with Gasteiger partial charge in [-0.2, -0.15) is 0 Å². The third-order valence-electron chi connectivity index (χ3n) is 2.12. The fourth-order valence-electron chi connectivity index (χ4n) is 1.47. The Morgan fingerprint density at radius 1 is 1.07 bits per heavy atom. The smallest absolute Gasteiger partial charge is 0.169 e. The molecule has 0 aliphatic rings. The summed E-state index contributed by atoms with van der Waals surface area (Å²) in [4.78, 5) is 8.35. The molecule has 1 aromatic heterocycles. The van der Waals surface area contributed by atoms with Gasteiger partial charge in [-0.15, -0.1) is 0 Å². The average Bonchev–Trinajstić information content (AvgIpc) is 2.28. The second kappa shape index (κ2) is 3.61. The van der Waals surface area contributed by atoms with E-state index in [0.717, 1.165) is 0 Å². The SMILES string of the molecule is COc1cc(N)c(OC)c2nccnc12. The molecule has 0 spiro atoms. The van der Waals surface area contributed by atoms with Crippen LogP contribution in [0.5, 0.6) is 11.5 Å². The third kappa shape index (κ3) is 1.41. The lowest BCUT2D eigenvalue weighted by atomic mass is 10.2. The molecule has 0 aliphatic heterocycles. The predicted molar refractivity (Wildman–Crippen MR) is 57.1 cm³/mol. The van der Waals surface area contributed by atoms with Crippen molar-refractivity contribution < 1.29 is 9.47 Å². The lowest BCUT2D eigenvalue weighted by Gasteiger charge is -2.10. The van der Waals surface area contributed by atoms with E-state index in [0.29, 0.717) is 28.2 Å². The Kier molecular flexibility index (Phi) is 2.29. The van der Waals surface area contributed by atoms with Crippen molar-refractivity contribution >= 4 is 16.7 Å². The van der Waals surface area contributed by atoms with Crippen molar-refractivity contribution in [3.8, 4) is 11.5 Å². The molecule has 0 unspecified atom stereocenters. The van der Waals surface area contributed by atoms with Crippen LogP contribution >= 0.6 is 0 Å². The molecule has 0 amide bonds. The van der Waals surface area contributed by atoms with Crippen LogP contribution in [0.3, 0.4) is 0 Å². The summed E-state index contributed by atoms with van der Waals surface area (Å²) in [5.74, 6) is 1.12. The van der Waals surface area contributed by atoms with Crippen LogP contribution < -0.4 is 15.2 Å². The molecule has 2 N–H and O–H groups in total. The lowest BCUT2D eigenvalue weighted by molar-refractivity contribution is 0.410. The zero-order chi connectivity index (χ0) is 10.8. The van der Waals surface area contributed by atoms with E-state index in [9.17, 15) is 0 Å². The van der Waals surface area contributed by atoms with E-state index in [1.807, 2.05) is 0 Å². The summed E-state index contributed by atoms with van der Waals surface area (Å²) in [6.07, 6.45) is 3.18. The van der Waals surface area contributed by atoms with Crippen LogP contribution in [0.15, 0.2) is 18.5 Å². The van der Waals surface area contributed by atoms with E-state index in [1.165, 1.54) is 0 Å². The Bertz CT molecular complexity index is 499. The van der Waals surface area contributed by atoms with E-state index in [-0.39, 0.29) is 0 Å². The molecule has 1 aromatic carbocycles. The van der Waals surface area contributed by atoms with Crippen LogP contribution in [0.25, 0.3) is 11.0 Å². The number of benzene rings is 1. The maximum Gasteiger partial charge on any atom is 0.169 e. The first kappa shape index (κ1) is 9.51. The highest BCUT2D eigenvalue weighted by Crippen LogP contribution is 2.35. The van der Waals surface area contributed by atoms with Gasteiger partial charge in [0.1, 0.15) is 16.8 Å². The number of aromatic nitrogens is 2. The number of anilines is 1. The first-order valence-corrected chi connectivity index (χ1v) is 4.39. The van der Waals surface area contributed by atoms with Crippen molar-refractivity contribution in [3.05, 3.63) is 18.5 Å². The first-order chi connectivity index (χ1) is 7.27. The van der Waals surface area contributed by atoms with E-state index in [4.69, 9.17) is 15.2 Å². The van der Waals surface area contributed by atoms with Gasteiger partial charge in [0, 0.05) is 18.5 Å². The highest BCUT2D eigenvalue weighted by molar-refractivity contribution is 5.91. The van der Waals surface area contributed by atoms with Crippen molar-refractivity contribution in [2.75, 3.05) is 20.0 Å². The topological polar surface area (TPSA) is 70.3 Å². The quantitative estimate of drug-likeness (QED) is 0.746. The molecule has 0 saturated heterocycles. The van der Waals surface area contributed by atoms with E-state index < -0.39 is 0 Å². The molecule has 15 heavy (non-hydrogen) atoms. The molecule has 78 valence electrons. The van der Waals surface area contributed by atoms with Gasteiger partial charge in [-0.1, -0.05) is 0 Å². The van der Waals surface area contributed by atoms with Gasteiger partial charge in [0.05, 0.1) is 19.9 Å². The molecule has 2 aromatic rings. The zero-order valence-corrected chi connectivity index (χ0v) is 8.52. The van der Waals surface area contributed by atoms with Gasteiger partial charge < -0.3 is 15.2 Å². The number of hydrogen-bond acceptors (Lipinski definition) is 5. The van der Waals surface area contributed by atoms with E-state index in [2.05, 4.69) is 9.97 Å². The lowest BCUT2D eigenvalue weighted by Crippen LogP contribution is -1.98.